The molecule has 1 aliphatic heterocycles. The van der Waals surface area contributed by atoms with E-state index >= 15 is 0 Å². The summed E-state index contributed by atoms with van der Waals surface area (Å²) in [5.41, 5.74) is 2.47. The Bertz CT molecular complexity index is 511. The van der Waals surface area contributed by atoms with Crippen molar-refractivity contribution in [1.29, 1.82) is 0 Å². The van der Waals surface area contributed by atoms with Gasteiger partial charge in [0.05, 0.1) is 19.7 Å². The van der Waals surface area contributed by atoms with Gasteiger partial charge in [0.2, 0.25) is 0 Å². The molecule has 0 aliphatic carbocycles. The number of benzene rings is 2. The van der Waals surface area contributed by atoms with Gasteiger partial charge in [-0.15, -0.1) is 0 Å². The van der Waals surface area contributed by atoms with Crippen molar-refractivity contribution in [2.24, 2.45) is 0 Å². The molecule has 1 unspecified atom stereocenters. The second-order valence-electron chi connectivity index (χ2n) is 6.29. The van der Waals surface area contributed by atoms with E-state index in [9.17, 15) is 0 Å². The summed E-state index contributed by atoms with van der Waals surface area (Å²) in [4.78, 5) is 1.68. The first-order valence-corrected chi connectivity index (χ1v) is 8.80. The van der Waals surface area contributed by atoms with Gasteiger partial charge in [0.15, 0.2) is 0 Å². The Balaban J connectivity index is 1.62. The van der Waals surface area contributed by atoms with Gasteiger partial charge in [0, 0.05) is 6.42 Å². The second-order valence-corrected chi connectivity index (χ2v) is 6.29. The molecule has 0 saturated carbocycles. The number of quaternary nitrogens is 2. The first-order valence-electron chi connectivity index (χ1n) is 8.80. The molecule has 3 rings (SSSR count). The molecule has 3 heteroatoms. The van der Waals surface area contributed by atoms with Crippen LogP contribution < -0.4 is 10.2 Å². The third kappa shape index (κ3) is 4.90. The van der Waals surface area contributed by atoms with Crippen LogP contribution in [0.1, 0.15) is 23.7 Å². The average Bonchev–Trinajstić information content (AvgIpc) is 2.89. The molecule has 1 fully saturated rings. The third-order valence-electron chi connectivity index (χ3n) is 4.59. The van der Waals surface area contributed by atoms with Crippen molar-refractivity contribution >= 4 is 0 Å². The summed E-state index contributed by atoms with van der Waals surface area (Å²) < 4.78 is 6.33. The normalized spacial score (nSPS) is 18.7. The minimum Gasteiger partial charge on any atom is -0.363 e. The molecule has 0 amide bonds. The van der Waals surface area contributed by atoms with Gasteiger partial charge in [-0.2, -0.15) is 0 Å². The zero-order valence-electron chi connectivity index (χ0n) is 13.8. The molecule has 0 spiro atoms. The van der Waals surface area contributed by atoms with E-state index < -0.39 is 0 Å². The number of hydrogen-bond donors (Lipinski definition) is 2. The molecule has 0 bridgehead atoms. The highest BCUT2D eigenvalue weighted by Crippen LogP contribution is 2.25. The first-order chi connectivity index (χ1) is 11.4. The van der Waals surface area contributed by atoms with Crippen molar-refractivity contribution in [1.82, 2.24) is 0 Å². The summed E-state index contributed by atoms with van der Waals surface area (Å²) in [6, 6.07) is 21.1. The molecule has 3 N–H and O–H groups in total. The maximum atomic E-state index is 6.33. The molecule has 0 aromatic heterocycles. The summed E-state index contributed by atoms with van der Waals surface area (Å²) in [6.07, 6.45) is 1.35. The summed E-state index contributed by atoms with van der Waals surface area (Å²) in [6.45, 7) is 6.97. The van der Waals surface area contributed by atoms with Crippen LogP contribution in [0.5, 0.6) is 0 Å². The van der Waals surface area contributed by atoms with E-state index in [1.54, 1.807) is 4.90 Å². The van der Waals surface area contributed by atoms with Crippen LogP contribution in [0.3, 0.4) is 0 Å². The highest BCUT2D eigenvalue weighted by atomic mass is 16.5. The zero-order chi connectivity index (χ0) is 15.7. The number of nitrogens with one attached hydrogen (secondary N) is 1. The van der Waals surface area contributed by atoms with Gasteiger partial charge in [-0.05, 0) is 11.1 Å². The van der Waals surface area contributed by atoms with Gasteiger partial charge in [-0.3, -0.25) is 0 Å². The van der Waals surface area contributed by atoms with Crippen LogP contribution in [0.25, 0.3) is 0 Å². The largest absolute Gasteiger partial charge is 0.363 e. The highest BCUT2D eigenvalue weighted by molar-refractivity contribution is 5.29. The molecular formula is C20H28N2O+2. The molecule has 2 aromatic carbocycles. The number of nitrogens with two attached hydrogens (primary N) is 1. The maximum Gasteiger partial charge on any atom is 0.127 e. The van der Waals surface area contributed by atoms with E-state index in [0.717, 1.165) is 13.2 Å². The first kappa shape index (κ1) is 16.2. The van der Waals surface area contributed by atoms with E-state index in [-0.39, 0.29) is 6.10 Å². The molecule has 1 atom stereocenters. The minimum atomic E-state index is 0.0374. The van der Waals surface area contributed by atoms with E-state index in [1.807, 2.05) is 0 Å². The Morgan fingerprint density at radius 2 is 1.52 bits per heavy atom. The van der Waals surface area contributed by atoms with Gasteiger partial charge in [0.1, 0.15) is 25.7 Å². The number of hydrogen-bond acceptors (Lipinski definition) is 1. The SMILES string of the molecule is c1ccc(C(OCC[NH+]2CCC[NH2+]CC2)c2ccccc2)cc1. The third-order valence-corrected chi connectivity index (χ3v) is 4.59. The van der Waals surface area contributed by atoms with Crippen molar-refractivity contribution in [3.8, 4) is 0 Å². The van der Waals surface area contributed by atoms with Crippen LogP contribution in [0.2, 0.25) is 0 Å². The Labute approximate surface area is 139 Å². The molecule has 1 heterocycles. The lowest BCUT2D eigenvalue weighted by atomic mass is 10.0. The second kappa shape index (κ2) is 8.82. The van der Waals surface area contributed by atoms with Crippen LogP contribution in [0, 0.1) is 0 Å². The van der Waals surface area contributed by atoms with Crippen LogP contribution in [-0.4, -0.2) is 39.3 Å². The quantitative estimate of drug-likeness (QED) is 0.806. The van der Waals surface area contributed by atoms with Gasteiger partial charge >= 0.3 is 0 Å². The molecule has 122 valence electrons. The minimum absolute atomic E-state index is 0.0374. The predicted octanol–water partition coefficient (Wildman–Crippen LogP) is 0.645. The Morgan fingerprint density at radius 1 is 0.870 bits per heavy atom. The van der Waals surface area contributed by atoms with Gasteiger partial charge in [-0.1, -0.05) is 60.7 Å². The van der Waals surface area contributed by atoms with Crippen molar-refractivity contribution in [3.05, 3.63) is 71.8 Å². The number of rotatable bonds is 6. The van der Waals surface area contributed by atoms with Crippen LogP contribution in [0.4, 0.5) is 0 Å². The molecule has 1 aliphatic rings. The molecule has 0 radical (unpaired) electrons. The Kier molecular flexibility index (Phi) is 6.21. The maximum absolute atomic E-state index is 6.33. The molecule has 1 saturated heterocycles. The summed E-state index contributed by atoms with van der Waals surface area (Å²) in [5.74, 6) is 0. The topological polar surface area (TPSA) is 30.3 Å². The highest BCUT2D eigenvalue weighted by Gasteiger charge is 2.17. The monoisotopic (exact) mass is 312 g/mol. The van der Waals surface area contributed by atoms with Crippen molar-refractivity contribution in [3.63, 3.8) is 0 Å². The van der Waals surface area contributed by atoms with E-state index in [0.29, 0.717) is 0 Å². The lowest BCUT2D eigenvalue weighted by molar-refractivity contribution is -0.904. The fraction of sp³-hybridized carbons (Fsp3) is 0.400. The summed E-state index contributed by atoms with van der Waals surface area (Å²) in [5, 5.41) is 2.44. The summed E-state index contributed by atoms with van der Waals surface area (Å²) >= 11 is 0. The lowest BCUT2D eigenvalue weighted by Gasteiger charge is -2.21. The van der Waals surface area contributed by atoms with Crippen LogP contribution >= 0.6 is 0 Å². The van der Waals surface area contributed by atoms with E-state index in [4.69, 9.17) is 4.74 Å². The fourth-order valence-electron chi connectivity index (χ4n) is 3.28. The zero-order valence-corrected chi connectivity index (χ0v) is 13.8. The fourth-order valence-corrected chi connectivity index (χ4v) is 3.28. The molecule has 2 aromatic rings. The van der Waals surface area contributed by atoms with E-state index in [2.05, 4.69) is 66.0 Å². The Morgan fingerprint density at radius 3 is 2.17 bits per heavy atom. The predicted molar refractivity (Wildman–Crippen MR) is 92.5 cm³/mol. The smallest absolute Gasteiger partial charge is 0.127 e. The number of ether oxygens (including phenoxy) is 1. The van der Waals surface area contributed by atoms with Crippen molar-refractivity contribution in [2.75, 3.05) is 39.3 Å². The van der Waals surface area contributed by atoms with Crippen LogP contribution in [0.15, 0.2) is 60.7 Å². The van der Waals surface area contributed by atoms with Gasteiger partial charge < -0.3 is 15.0 Å². The molecule has 3 nitrogen and oxygen atoms in total. The van der Waals surface area contributed by atoms with Gasteiger partial charge in [0.25, 0.3) is 0 Å². The van der Waals surface area contributed by atoms with E-state index in [1.165, 1.54) is 43.7 Å². The Hall–Kier alpha value is -1.68. The van der Waals surface area contributed by atoms with Crippen LogP contribution in [-0.2, 0) is 4.74 Å². The van der Waals surface area contributed by atoms with Crippen molar-refractivity contribution < 1.29 is 15.0 Å². The standard InChI is InChI=1S/C20H26N2O/c1-3-8-18(9-4-1)20(19-10-5-2-6-11-19)23-17-16-22-14-7-12-21-13-15-22/h1-6,8-11,20-21H,7,12-17H2/p+2. The summed E-state index contributed by atoms with van der Waals surface area (Å²) in [7, 11) is 0. The molecular weight excluding hydrogens is 284 g/mol. The van der Waals surface area contributed by atoms with Crippen molar-refractivity contribution in [2.45, 2.75) is 12.5 Å². The lowest BCUT2D eigenvalue weighted by Crippen LogP contribution is -3.13. The van der Waals surface area contributed by atoms with Gasteiger partial charge in [-0.25, -0.2) is 0 Å². The molecule has 23 heavy (non-hydrogen) atoms. The average molecular weight is 312 g/mol.